The molecule has 18 aromatic rings. The third-order valence-electron chi connectivity index (χ3n) is 18.3. The Morgan fingerprint density at radius 1 is 0.0769 bits per heavy atom. The molecule has 0 aliphatic carbocycles. The van der Waals surface area contributed by atoms with Crippen molar-refractivity contribution in [3.05, 3.63) is 546 Å². The summed E-state index contributed by atoms with van der Waals surface area (Å²) in [5, 5.41) is 25.2. The third-order valence-corrected chi connectivity index (χ3v) is 32.9. The standard InChI is InChI=1S/6C18H15P.2BrH.Cu/c6*1-4-10-16(11-5-1)19(17-12-6-2-7-13-17)18-14-8-3-9-15-18;;;/h6*1-15H;2*1H;/q;;;;;;;;+2/p-2. The predicted octanol–water partition coefficient (Wildman–Crippen LogP) is 14.7. The van der Waals surface area contributed by atoms with Crippen LogP contribution in [0.2, 0.25) is 0 Å². The zero-order valence-corrected chi connectivity index (χ0v) is 74.2. The molecule has 0 aliphatic rings. The summed E-state index contributed by atoms with van der Waals surface area (Å²) in [6.45, 7) is 0. The summed E-state index contributed by atoms with van der Waals surface area (Å²) in [4.78, 5) is 0. The fourth-order valence-electron chi connectivity index (χ4n) is 13.1. The van der Waals surface area contributed by atoms with E-state index in [1.54, 1.807) is 0 Å². The second kappa shape index (κ2) is 50.6. The van der Waals surface area contributed by atoms with Crippen LogP contribution in [-0.4, -0.2) is 0 Å². The van der Waals surface area contributed by atoms with Gasteiger partial charge in [0.1, 0.15) is 0 Å². The van der Waals surface area contributed by atoms with Crippen molar-refractivity contribution in [1.82, 2.24) is 0 Å². The first kappa shape index (κ1) is 89.4. The molecular formula is C108H90Br2CuP6. The fraction of sp³-hybridized carbons (Fsp3) is 0. The van der Waals surface area contributed by atoms with E-state index in [0.29, 0.717) is 0 Å². The van der Waals surface area contributed by atoms with Crippen LogP contribution in [0.15, 0.2) is 546 Å². The molecule has 18 rings (SSSR count). The molecule has 0 N–H and O–H groups in total. The smallest absolute Gasteiger partial charge is 1.00 e. The molecule has 0 aromatic heterocycles. The number of hydrogen-bond acceptors (Lipinski definition) is 0. The van der Waals surface area contributed by atoms with Crippen LogP contribution in [0.4, 0.5) is 0 Å². The van der Waals surface area contributed by atoms with Crippen molar-refractivity contribution in [2.75, 3.05) is 0 Å². The summed E-state index contributed by atoms with van der Waals surface area (Å²) in [5.41, 5.74) is 0. The maximum absolute atomic E-state index is 2.23. The van der Waals surface area contributed by atoms with Crippen molar-refractivity contribution < 1.29 is 51.0 Å². The zero-order valence-electron chi connectivity index (χ0n) is 64.7. The van der Waals surface area contributed by atoms with Gasteiger partial charge in [0.25, 0.3) is 0 Å². The molecule has 1 radical (unpaired) electrons. The van der Waals surface area contributed by atoms with E-state index in [4.69, 9.17) is 0 Å². The van der Waals surface area contributed by atoms with Gasteiger partial charge in [-0.1, -0.05) is 546 Å². The molecule has 577 valence electrons. The minimum atomic E-state index is -0.446. The van der Waals surface area contributed by atoms with Crippen molar-refractivity contribution in [2.45, 2.75) is 0 Å². The van der Waals surface area contributed by atoms with E-state index in [0.717, 1.165) is 0 Å². The summed E-state index contributed by atoms with van der Waals surface area (Å²) in [7, 11) is -2.68. The molecule has 0 fully saturated rings. The van der Waals surface area contributed by atoms with Crippen LogP contribution >= 0.6 is 47.5 Å². The van der Waals surface area contributed by atoms with Crippen molar-refractivity contribution in [3.8, 4) is 0 Å². The molecule has 9 heteroatoms. The van der Waals surface area contributed by atoms with Gasteiger partial charge >= 0.3 is 17.1 Å². The van der Waals surface area contributed by atoms with Gasteiger partial charge in [-0.15, -0.1) is 0 Å². The summed E-state index contributed by atoms with van der Waals surface area (Å²) >= 11 is 0. The van der Waals surface area contributed by atoms with Crippen LogP contribution in [0, 0.1) is 0 Å². The van der Waals surface area contributed by atoms with E-state index in [9.17, 15) is 0 Å². The van der Waals surface area contributed by atoms with E-state index in [1.165, 1.54) is 95.5 Å². The van der Waals surface area contributed by atoms with Crippen molar-refractivity contribution >= 4 is 143 Å². The monoisotopic (exact) mass is 1790 g/mol. The maximum atomic E-state index is 2.23. The number of hydrogen-bond donors (Lipinski definition) is 0. The summed E-state index contributed by atoms with van der Waals surface area (Å²) in [6.07, 6.45) is 0. The van der Waals surface area contributed by atoms with Gasteiger partial charge in [0, 0.05) is 0 Å². The van der Waals surface area contributed by atoms with Gasteiger partial charge in [0.2, 0.25) is 0 Å². The van der Waals surface area contributed by atoms with Crippen molar-refractivity contribution in [1.29, 1.82) is 0 Å². The van der Waals surface area contributed by atoms with E-state index < -0.39 is 47.5 Å². The quantitative estimate of drug-likeness (QED) is 0.0593. The molecule has 18 aromatic carbocycles. The van der Waals surface area contributed by atoms with Crippen LogP contribution in [0.25, 0.3) is 0 Å². The normalized spacial score (nSPS) is 10.3. The van der Waals surface area contributed by atoms with Gasteiger partial charge in [-0.05, 0) is 143 Å². The largest absolute Gasteiger partial charge is 2.00 e. The maximum Gasteiger partial charge on any atom is 2.00 e. The molecule has 0 saturated carbocycles. The molecule has 0 spiro atoms. The van der Waals surface area contributed by atoms with E-state index in [2.05, 4.69) is 546 Å². The molecule has 0 heterocycles. The molecule has 117 heavy (non-hydrogen) atoms. The Balaban J connectivity index is 0.000000147. The first-order valence-corrected chi connectivity index (χ1v) is 46.5. The first-order chi connectivity index (χ1) is 56.7. The Hall–Kier alpha value is -9.98. The minimum absolute atomic E-state index is 0. The van der Waals surface area contributed by atoms with Gasteiger partial charge < -0.3 is 34.0 Å². The topological polar surface area (TPSA) is 0 Å². The van der Waals surface area contributed by atoms with Crippen LogP contribution in [0.1, 0.15) is 0 Å². The third kappa shape index (κ3) is 27.0. The summed E-state index contributed by atoms with van der Waals surface area (Å²) in [5.74, 6) is 0. The zero-order chi connectivity index (χ0) is 77.5. The van der Waals surface area contributed by atoms with Gasteiger partial charge in [-0.25, -0.2) is 0 Å². The van der Waals surface area contributed by atoms with Gasteiger partial charge in [-0.2, -0.15) is 0 Å². The first-order valence-electron chi connectivity index (χ1n) is 38.4. The van der Waals surface area contributed by atoms with E-state index in [1.807, 2.05) is 0 Å². The second-order valence-electron chi connectivity index (χ2n) is 26.1. The second-order valence-corrected chi connectivity index (χ2v) is 39.4. The molecule has 0 nitrogen and oxygen atoms in total. The van der Waals surface area contributed by atoms with Gasteiger partial charge in [0.15, 0.2) is 0 Å². The Bertz CT molecular complexity index is 4080. The number of halogens is 2. The van der Waals surface area contributed by atoms with Crippen molar-refractivity contribution in [3.63, 3.8) is 0 Å². The average Bonchev–Trinajstić information content (AvgIpc) is 0.854. The minimum Gasteiger partial charge on any atom is -1.00 e. The molecule has 0 bridgehead atoms. The van der Waals surface area contributed by atoms with E-state index in [-0.39, 0.29) is 51.0 Å². The molecular weight excluding hydrogens is 1710 g/mol. The molecule has 0 amide bonds. The Morgan fingerprint density at radius 2 is 0.120 bits per heavy atom. The number of benzene rings is 18. The molecule has 0 unspecified atom stereocenters. The molecule has 0 atom stereocenters. The van der Waals surface area contributed by atoms with Gasteiger partial charge in [-0.3, -0.25) is 0 Å². The van der Waals surface area contributed by atoms with Crippen LogP contribution in [-0.2, 0) is 17.1 Å². The van der Waals surface area contributed by atoms with Gasteiger partial charge in [0.05, 0.1) is 0 Å². The average molecular weight is 1800 g/mol. The van der Waals surface area contributed by atoms with Crippen LogP contribution in [0.5, 0.6) is 0 Å². The van der Waals surface area contributed by atoms with E-state index >= 15 is 0 Å². The molecule has 0 saturated heterocycles. The Morgan fingerprint density at radius 3 is 0.162 bits per heavy atom. The van der Waals surface area contributed by atoms with Crippen LogP contribution < -0.4 is 129 Å². The fourth-order valence-corrected chi connectivity index (χ4v) is 26.9. The van der Waals surface area contributed by atoms with Crippen LogP contribution in [0.3, 0.4) is 0 Å². The summed E-state index contributed by atoms with van der Waals surface area (Å²) in [6, 6.07) is 194. The predicted molar refractivity (Wildman–Crippen MR) is 511 cm³/mol. The Kier molecular flexibility index (Phi) is 38.6. The number of rotatable bonds is 18. The summed E-state index contributed by atoms with van der Waals surface area (Å²) < 4.78 is 0. The Labute approximate surface area is 733 Å². The SMILES string of the molecule is [Br-].[Br-].[Cu+2].c1ccc(P(c2ccccc2)c2ccccc2)cc1.c1ccc(P(c2ccccc2)c2ccccc2)cc1.c1ccc(P(c2ccccc2)c2ccccc2)cc1.c1ccc(P(c2ccccc2)c2ccccc2)cc1.c1ccc(P(c2ccccc2)c2ccccc2)cc1.c1ccc(P(c2ccccc2)c2ccccc2)cc1. The molecule has 0 aliphatic heterocycles. The van der Waals surface area contributed by atoms with Crippen molar-refractivity contribution in [2.24, 2.45) is 0 Å².